The van der Waals surface area contributed by atoms with Crippen LogP contribution in [0.3, 0.4) is 0 Å². The molecule has 0 saturated carbocycles. The molecule has 5 heteroatoms. The van der Waals surface area contributed by atoms with Crippen molar-refractivity contribution in [2.45, 2.75) is 38.6 Å². The molecule has 2 aliphatic rings. The van der Waals surface area contributed by atoms with E-state index in [9.17, 15) is 4.79 Å². The molecule has 4 nitrogen and oxygen atoms in total. The molecule has 2 saturated heterocycles. The van der Waals surface area contributed by atoms with E-state index in [0.717, 1.165) is 30.3 Å². The number of benzene rings is 1. The summed E-state index contributed by atoms with van der Waals surface area (Å²) in [5, 5.41) is 7.25. The van der Waals surface area contributed by atoms with Gasteiger partial charge in [0.2, 0.25) is 5.91 Å². The van der Waals surface area contributed by atoms with Gasteiger partial charge in [-0.05, 0) is 75.9 Å². The molecule has 3 rings (SSSR count). The van der Waals surface area contributed by atoms with Crippen LogP contribution in [0.1, 0.15) is 31.2 Å². The summed E-state index contributed by atoms with van der Waals surface area (Å²) >= 11 is 6.10. The van der Waals surface area contributed by atoms with Crippen molar-refractivity contribution in [2.24, 2.45) is 5.92 Å². The highest BCUT2D eigenvalue weighted by Gasteiger charge is 2.28. The van der Waals surface area contributed by atoms with E-state index in [0.29, 0.717) is 17.6 Å². The molecule has 0 radical (unpaired) electrons. The molecule has 2 aliphatic heterocycles. The molecule has 23 heavy (non-hydrogen) atoms. The number of carbonyl (C=O) groups is 1. The van der Waals surface area contributed by atoms with Gasteiger partial charge < -0.3 is 10.6 Å². The lowest BCUT2D eigenvalue weighted by Crippen LogP contribution is -2.43. The number of piperidine rings is 1. The summed E-state index contributed by atoms with van der Waals surface area (Å²) in [5.41, 5.74) is 1.79. The maximum absolute atomic E-state index is 12.2. The van der Waals surface area contributed by atoms with Gasteiger partial charge >= 0.3 is 0 Å². The van der Waals surface area contributed by atoms with Crippen molar-refractivity contribution in [2.75, 3.05) is 31.5 Å². The third-order valence-electron chi connectivity index (χ3n) is 5.12. The third kappa shape index (κ3) is 4.46. The Kier molecular flexibility index (Phi) is 5.57. The van der Waals surface area contributed by atoms with Gasteiger partial charge in [0.25, 0.3) is 0 Å². The SMILES string of the molecule is Cc1ccc(NC(=O)CN2CCC(C3CCCN3)CC2)cc1Cl. The number of likely N-dealkylation sites (tertiary alicyclic amines) is 1. The van der Waals surface area contributed by atoms with Gasteiger partial charge in [-0.3, -0.25) is 9.69 Å². The van der Waals surface area contributed by atoms with Crippen molar-refractivity contribution in [3.05, 3.63) is 28.8 Å². The normalized spacial score (nSPS) is 23.1. The summed E-state index contributed by atoms with van der Waals surface area (Å²) < 4.78 is 0. The fourth-order valence-electron chi connectivity index (χ4n) is 3.70. The molecular formula is C18H26ClN3O. The molecule has 0 aliphatic carbocycles. The Morgan fingerprint density at radius 2 is 2.13 bits per heavy atom. The summed E-state index contributed by atoms with van der Waals surface area (Å²) in [6.45, 7) is 5.63. The van der Waals surface area contributed by atoms with Gasteiger partial charge in [-0.15, -0.1) is 0 Å². The molecule has 126 valence electrons. The number of hydrogen-bond acceptors (Lipinski definition) is 3. The smallest absolute Gasteiger partial charge is 0.238 e. The molecule has 1 amide bonds. The van der Waals surface area contributed by atoms with Crippen molar-refractivity contribution >= 4 is 23.2 Å². The van der Waals surface area contributed by atoms with Crippen LogP contribution in [0, 0.1) is 12.8 Å². The second kappa shape index (κ2) is 7.65. The lowest BCUT2D eigenvalue weighted by Gasteiger charge is -2.34. The third-order valence-corrected chi connectivity index (χ3v) is 5.53. The van der Waals surface area contributed by atoms with Crippen LogP contribution in [-0.2, 0) is 4.79 Å². The van der Waals surface area contributed by atoms with E-state index < -0.39 is 0 Å². The Balaban J connectivity index is 1.44. The van der Waals surface area contributed by atoms with Gasteiger partial charge in [0, 0.05) is 16.8 Å². The lowest BCUT2D eigenvalue weighted by molar-refractivity contribution is -0.117. The quantitative estimate of drug-likeness (QED) is 0.889. The molecular weight excluding hydrogens is 310 g/mol. The van der Waals surface area contributed by atoms with Crippen LogP contribution in [-0.4, -0.2) is 43.0 Å². The molecule has 1 aromatic rings. The Hall–Kier alpha value is -1.10. The van der Waals surface area contributed by atoms with E-state index in [1.807, 2.05) is 25.1 Å². The van der Waals surface area contributed by atoms with Gasteiger partial charge in [0.05, 0.1) is 6.54 Å². The number of rotatable bonds is 4. The summed E-state index contributed by atoms with van der Waals surface area (Å²) in [6, 6.07) is 6.35. The van der Waals surface area contributed by atoms with Crippen LogP contribution in [0.4, 0.5) is 5.69 Å². The van der Waals surface area contributed by atoms with Gasteiger partial charge in [-0.25, -0.2) is 0 Å². The number of nitrogens with zero attached hydrogens (tertiary/aromatic N) is 1. The van der Waals surface area contributed by atoms with Crippen LogP contribution in [0.2, 0.25) is 5.02 Å². The topological polar surface area (TPSA) is 44.4 Å². The number of anilines is 1. The number of carbonyl (C=O) groups excluding carboxylic acids is 1. The maximum atomic E-state index is 12.2. The summed E-state index contributed by atoms with van der Waals surface area (Å²) in [4.78, 5) is 14.5. The Morgan fingerprint density at radius 1 is 1.35 bits per heavy atom. The standard InChI is InChI=1S/C18H26ClN3O/c1-13-4-5-15(11-16(13)19)21-18(23)12-22-9-6-14(7-10-22)17-3-2-8-20-17/h4-5,11,14,17,20H,2-3,6-10,12H2,1H3,(H,21,23). The highest BCUT2D eigenvalue weighted by Crippen LogP contribution is 2.25. The second-order valence-electron chi connectivity index (χ2n) is 6.83. The van der Waals surface area contributed by atoms with Gasteiger partial charge in [-0.1, -0.05) is 17.7 Å². The van der Waals surface area contributed by atoms with E-state index in [2.05, 4.69) is 15.5 Å². The average molecular weight is 336 g/mol. The van der Waals surface area contributed by atoms with Gasteiger partial charge in [0.15, 0.2) is 0 Å². The molecule has 2 fully saturated rings. The first-order valence-electron chi connectivity index (χ1n) is 8.63. The lowest BCUT2D eigenvalue weighted by atomic mass is 9.88. The molecule has 1 aromatic carbocycles. The predicted molar refractivity (Wildman–Crippen MR) is 95.0 cm³/mol. The first-order chi connectivity index (χ1) is 11.1. The minimum absolute atomic E-state index is 0.0439. The van der Waals surface area contributed by atoms with Crippen molar-refractivity contribution in [3.8, 4) is 0 Å². The molecule has 2 N–H and O–H groups in total. The zero-order valence-electron chi connectivity index (χ0n) is 13.8. The van der Waals surface area contributed by atoms with E-state index >= 15 is 0 Å². The Labute approximate surface area is 143 Å². The van der Waals surface area contributed by atoms with Crippen LogP contribution in [0.5, 0.6) is 0 Å². The highest BCUT2D eigenvalue weighted by atomic mass is 35.5. The molecule has 0 aromatic heterocycles. The zero-order chi connectivity index (χ0) is 16.2. The fourth-order valence-corrected chi connectivity index (χ4v) is 3.88. The summed E-state index contributed by atoms with van der Waals surface area (Å²) in [7, 11) is 0. The first-order valence-corrected chi connectivity index (χ1v) is 9.01. The largest absolute Gasteiger partial charge is 0.325 e. The van der Waals surface area contributed by atoms with Crippen molar-refractivity contribution in [1.82, 2.24) is 10.2 Å². The van der Waals surface area contributed by atoms with E-state index in [4.69, 9.17) is 11.6 Å². The van der Waals surface area contributed by atoms with Crippen molar-refractivity contribution in [3.63, 3.8) is 0 Å². The van der Waals surface area contributed by atoms with E-state index in [1.54, 1.807) is 0 Å². The zero-order valence-corrected chi connectivity index (χ0v) is 14.5. The van der Waals surface area contributed by atoms with Gasteiger partial charge in [-0.2, -0.15) is 0 Å². The average Bonchev–Trinajstić information content (AvgIpc) is 3.06. The van der Waals surface area contributed by atoms with Crippen LogP contribution in [0.15, 0.2) is 18.2 Å². The number of hydrogen-bond donors (Lipinski definition) is 2. The Morgan fingerprint density at radius 3 is 2.78 bits per heavy atom. The number of nitrogens with one attached hydrogen (secondary N) is 2. The highest BCUT2D eigenvalue weighted by molar-refractivity contribution is 6.31. The molecule has 0 spiro atoms. The minimum Gasteiger partial charge on any atom is -0.325 e. The maximum Gasteiger partial charge on any atom is 0.238 e. The molecule has 1 unspecified atom stereocenters. The summed E-state index contributed by atoms with van der Waals surface area (Å²) in [5.74, 6) is 0.829. The van der Waals surface area contributed by atoms with Crippen LogP contribution >= 0.6 is 11.6 Å². The van der Waals surface area contributed by atoms with Gasteiger partial charge in [0.1, 0.15) is 0 Å². The fraction of sp³-hybridized carbons (Fsp3) is 0.611. The van der Waals surface area contributed by atoms with Crippen LogP contribution < -0.4 is 10.6 Å². The second-order valence-corrected chi connectivity index (χ2v) is 7.24. The molecule has 1 atom stereocenters. The number of aryl methyl sites for hydroxylation is 1. The van der Waals surface area contributed by atoms with Crippen LogP contribution in [0.25, 0.3) is 0 Å². The number of halogens is 1. The van der Waals surface area contributed by atoms with E-state index in [1.165, 1.54) is 32.2 Å². The molecule has 0 bridgehead atoms. The first kappa shape index (κ1) is 16.7. The summed E-state index contributed by atoms with van der Waals surface area (Å²) in [6.07, 6.45) is 5.02. The minimum atomic E-state index is 0.0439. The van der Waals surface area contributed by atoms with Crippen molar-refractivity contribution in [1.29, 1.82) is 0 Å². The Bertz CT molecular complexity index is 549. The van der Waals surface area contributed by atoms with E-state index in [-0.39, 0.29) is 5.91 Å². The monoisotopic (exact) mass is 335 g/mol. The van der Waals surface area contributed by atoms with Crippen molar-refractivity contribution < 1.29 is 4.79 Å². The number of amides is 1. The predicted octanol–water partition coefficient (Wildman–Crippen LogP) is 3.05. The molecule has 2 heterocycles.